The Morgan fingerprint density at radius 2 is 2.20 bits per heavy atom. The van der Waals surface area contributed by atoms with Gasteiger partial charge in [0, 0.05) is 18.9 Å². The summed E-state index contributed by atoms with van der Waals surface area (Å²) in [5.41, 5.74) is 6.10. The third-order valence-corrected chi connectivity index (χ3v) is 3.84. The van der Waals surface area contributed by atoms with E-state index < -0.39 is 11.4 Å². The zero-order valence-corrected chi connectivity index (χ0v) is 14.1. The molecule has 0 saturated heterocycles. The number of nitrogens with two attached hydrogens (primary N) is 1. The highest BCUT2D eigenvalue weighted by molar-refractivity contribution is 6.00. The topological polar surface area (TPSA) is 113 Å². The van der Waals surface area contributed by atoms with E-state index in [0.29, 0.717) is 30.2 Å². The van der Waals surface area contributed by atoms with Gasteiger partial charge in [-0.05, 0) is 13.8 Å². The van der Waals surface area contributed by atoms with Gasteiger partial charge in [0.2, 0.25) is 5.43 Å². The Bertz CT molecular complexity index is 860. The van der Waals surface area contributed by atoms with Gasteiger partial charge in [0.25, 0.3) is 0 Å². The lowest BCUT2D eigenvalue weighted by atomic mass is 10.1. The minimum absolute atomic E-state index is 0.105. The second-order valence-corrected chi connectivity index (χ2v) is 5.50. The smallest absolute Gasteiger partial charge is 0.343 e. The number of anilines is 1. The molecule has 0 aliphatic carbocycles. The predicted octanol–water partition coefficient (Wildman–Crippen LogP) is 1.46. The van der Waals surface area contributed by atoms with Crippen LogP contribution < -0.4 is 20.6 Å². The van der Waals surface area contributed by atoms with Gasteiger partial charge in [0.05, 0.1) is 29.8 Å². The van der Waals surface area contributed by atoms with Crippen LogP contribution in [0.5, 0.6) is 11.5 Å². The fourth-order valence-corrected chi connectivity index (χ4v) is 2.69. The SMILES string of the molecule is CCOCC1COc2c(cc3[nH]cc(C(=O)OCC)c(=O)c3c2N)O1. The Hall–Kier alpha value is -2.74. The van der Waals surface area contributed by atoms with Gasteiger partial charge in [0.15, 0.2) is 17.6 Å². The quantitative estimate of drug-likeness (QED) is 0.621. The highest BCUT2D eigenvalue weighted by Gasteiger charge is 2.26. The molecule has 2 aromatic rings. The zero-order valence-electron chi connectivity index (χ0n) is 14.1. The van der Waals surface area contributed by atoms with Crippen molar-refractivity contribution in [2.45, 2.75) is 20.0 Å². The largest absolute Gasteiger partial charge is 0.484 e. The van der Waals surface area contributed by atoms with E-state index in [4.69, 9.17) is 24.7 Å². The van der Waals surface area contributed by atoms with Crippen LogP contribution in [0.4, 0.5) is 5.69 Å². The van der Waals surface area contributed by atoms with Crippen LogP contribution in [0, 0.1) is 0 Å². The fraction of sp³-hybridized carbons (Fsp3) is 0.412. The zero-order chi connectivity index (χ0) is 18.0. The molecule has 134 valence electrons. The molecule has 2 heterocycles. The lowest BCUT2D eigenvalue weighted by molar-refractivity contribution is 0.0133. The summed E-state index contributed by atoms with van der Waals surface area (Å²) in [4.78, 5) is 27.4. The van der Waals surface area contributed by atoms with Crippen molar-refractivity contribution < 1.29 is 23.7 Å². The Morgan fingerprint density at radius 3 is 2.92 bits per heavy atom. The number of ether oxygens (including phenoxy) is 4. The van der Waals surface area contributed by atoms with Gasteiger partial charge in [-0.2, -0.15) is 0 Å². The summed E-state index contributed by atoms with van der Waals surface area (Å²) >= 11 is 0. The lowest BCUT2D eigenvalue weighted by Crippen LogP contribution is -2.34. The predicted molar refractivity (Wildman–Crippen MR) is 91.3 cm³/mol. The van der Waals surface area contributed by atoms with E-state index >= 15 is 0 Å². The molecule has 0 bridgehead atoms. The monoisotopic (exact) mass is 348 g/mol. The first-order chi connectivity index (χ1) is 12.1. The average Bonchev–Trinajstić information content (AvgIpc) is 2.60. The molecular weight excluding hydrogens is 328 g/mol. The van der Waals surface area contributed by atoms with Crippen molar-refractivity contribution in [3.8, 4) is 11.5 Å². The minimum Gasteiger partial charge on any atom is -0.484 e. The van der Waals surface area contributed by atoms with Crippen molar-refractivity contribution in [2.75, 3.05) is 32.2 Å². The summed E-state index contributed by atoms with van der Waals surface area (Å²) in [5.74, 6) is 0.0314. The van der Waals surface area contributed by atoms with Gasteiger partial charge in [-0.25, -0.2) is 4.79 Å². The summed E-state index contributed by atoms with van der Waals surface area (Å²) in [6.45, 7) is 4.98. The molecule has 1 aliphatic rings. The Morgan fingerprint density at radius 1 is 1.40 bits per heavy atom. The summed E-state index contributed by atoms with van der Waals surface area (Å²) in [7, 11) is 0. The fourth-order valence-electron chi connectivity index (χ4n) is 2.69. The number of fused-ring (bicyclic) bond motifs is 2. The molecule has 0 radical (unpaired) electrons. The van der Waals surface area contributed by atoms with Crippen LogP contribution in [-0.2, 0) is 9.47 Å². The highest BCUT2D eigenvalue weighted by Crippen LogP contribution is 2.41. The number of esters is 1. The number of hydrogen-bond acceptors (Lipinski definition) is 7. The van der Waals surface area contributed by atoms with Crippen LogP contribution in [0.15, 0.2) is 17.1 Å². The molecule has 0 saturated carbocycles. The standard InChI is InChI=1S/C17H20N2O6/c1-3-22-7-9-8-24-16-12(25-9)5-11-13(14(16)18)15(20)10(6-19-11)17(21)23-4-2/h5-6,9H,3-4,7-8,18H2,1-2H3,(H,19,20). The van der Waals surface area contributed by atoms with E-state index in [2.05, 4.69) is 4.98 Å². The molecule has 25 heavy (non-hydrogen) atoms. The second-order valence-electron chi connectivity index (χ2n) is 5.50. The van der Waals surface area contributed by atoms with E-state index in [-0.39, 0.29) is 36.0 Å². The van der Waals surface area contributed by atoms with E-state index in [9.17, 15) is 9.59 Å². The Balaban J connectivity index is 2.04. The highest BCUT2D eigenvalue weighted by atomic mass is 16.6. The molecule has 1 aromatic heterocycles. The second kappa shape index (κ2) is 7.02. The summed E-state index contributed by atoms with van der Waals surface area (Å²) in [6.07, 6.45) is 1.06. The van der Waals surface area contributed by atoms with Crippen LogP contribution >= 0.6 is 0 Å². The molecule has 3 rings (SSSR count). The number of carbonyl (C=O) groups excluding carboxylic acids is 1. The maximum Gasteiger partial charge on any atom is 0.343 e. The Labute approximate surface area is 143 Å². The van der Waals surface area contributed by atoms with E-state index in [1.807, 2.05) is 6.92 Å². The Kier molecular flexibility index (Phi) is 4.80. The summed E-state index contributed by atoms with van der Waals surface area (Å²) < 4.78 is 21.7. The number of nitrogens with one attached hydrogen (secondary N) is 1. The number of rotatable bonds is 5. The number of aromatic amines is 1. The molecule has 0 amide bonds. The molecule has 1 atom stereocenters. The first-order valence-electron chi connectivity index (χ1n) is 8.09. The maximum atomic E-state index is 12.6. The summed E-state index contributed by atoms with van der Waals surface area (Å²) in [5, 5.41) is 0.177. The number of benzene rings is 1. The molecule has 1 aliphatic heterocycles. The third-order valence-electron chi connectivity index (χ3n) is 3.84. The molecular formula is C17H20N2O6. The van der Waals surface area contributed by atoms with Crippen molar-refractivity contribution in [2.24, 2.45) is 0 Å². The lowest BCUT2D eigenvalue weighted by Gasteiger charge is -2.27. The van der Waals surface area contributed by atoms with Gasteiger partial charge >= 0.3 is 5.97 Å². The van der Waals surface area contributed by atoms with Crippen LogP contribution in [0.25, 0.3) is 10.9 Å². The molecule has 8 nitrogen and oxygen atoms in total. The van der Waals surface area contributed by atoms with Crippen LogP contribution in [0.3, 0.4) is 0 Å². The molecule has 0 spiro atoms. The minimum atomic E-state index is -0.697. The van der Waals surface area contributed by atoms with Crippen molar-refractivity contribution in [3.05, 3.63) is 28.0 Å². The van der Waals surface area contributed by atoms with Crippen molar-refractivity contribution in [1.82, 2.24) is 4.98 Å². The normalized spacial score (nSPS) is 16.0. The first kappa shape index (κ1) is 17.1. The van der Waals surface area contributed by atoms with E-state index in [0.717, 1.165) is 0 Å². The van der Waals surface area contributed by atoms with Gasteiger partial charge in [-0.1, -0.05) is 0 Å². The molecule has 1 unspecified atom stereocenters. The molecule has 3 N–H and O–H groups in total. The van der Waals surface area contributed by atoms with Crippen LogP contribution in [0.2, 0.25) is 0 Å². The number of aromatic nitrogens is 1. The van der Waals surface area contributed by atoms with E-state index in [1.165, 1.54) is 6.20 Å². The van der Waals surface area contributed by atoms with Gasteiger partial charge in [-0.3, -0.25) is 4.79 Å². The van der Waals surface area contributed by atoms with Gasteiger partial charge in [-0.15, -0.1) is 0 Å². The van der Waals surface area contributed by atoms with Crippen molar-refractivity contribution in [3.63, 3.8) is 0 Å². The van der Waals surface area contributed by atoms with Crippen molar-refractivity contribution >= 4 is 22.6 Å². The first-order valence-corrected chi connectivity index (χ1v) is 8.09. The number of H-pyrrole nitrogens is 1. The van der Waals surface area contributed by atoms with E-state index in [1.54, 1.807) is 13.0 Å². The average molecular weight is 348 g/mol. The van der Waals surface area contributed by atoms with Crippen molar-refractivity contribution in [1.29, 1.82) is 0 Å². The number of pyridine rings is 1. The third kappa shape index (κ3) is 3.12. The number of hydrogen-bond donors (Lipinski definition) is 2. The van der Waals surface area contributed by atoms with Crippen LogP contribution in [-0.4, -0.2) is 43.5 Å². The maximum absolute atomic E-state index is 12.6. The molecule has 8 heteroatoms. The molecule has 1 aromatic carbocycles. The van der Waals surface area contributed by atoms with Gasteiger partial charge in [0.1, 0.15) is 12.2 Å². The van der Waals surface area contributed by atoms with Crippen LogP contribution in [0.1, 0.15) is 24.2 Å². The number of carbonyl (C=O) groups is 1. The summed E-state index contributed by atoms with van der Waals surface area (Å²) in [6, 6.07) is 1.63. The molecule has 0 fully saturated rings. The number of nitrogen functional groups attached to an aromatic ring is 1. The van der Waals surface area contributed by atoms with Gasteiger partial charge < -0.3 is 29.7 Å².